The number of para-hydroxylation sites is 1. The molecule has 0 saturated carbocycles. The van der Waals surface area contributed by atoms with Crippen molar-refractivity contribution in [3.8, 4) is 11.8 Å². The number of anilines is 1. The van der Waals surface area contributed by atoms with Gasteiger partial charge in [-0.1, -0.05) is 41.6 Å². The zero-order valence-electron chi connectivity index (χ0n) is 20.2. The Morgan fingerprint density at radius 3 is 2.61 bits per heavy atom. The Morgan fingerprint density at radius 1 is 1.08 bits per heavy atom. The van der Waals surface area contributed by atoms with Gasteiger partial charge in [-0.25, -0.2) is 0 Å². The molecule has 2 aromatic carbocycles. The van der Waals surface area contributed by atoms with Gasteiger partial charge >= 0.3 is 0 Å². The Balaban J connectivity index is 1.30. The van der Waals surface area contributed by atoms with E-state index in [9.17, 15) is 14.9 Å². The monoisotopic (exact) mass is 562 g/mol. The van der Waals surface area contributed by atoms with Gasteiger partial charge in [0.15, 0.2) is 11.0 Å². The van der Waals surface area contributed by atoms with Crippen molar-refractivity contribution in [2.24, 2.45) is 0 Å². The van der Waals surface area contributed by atoms with Crippen LogP contribution in [0.2, 0.25) is 5.02 Å². The van der Waals surface area contributed by atoms with Crippen molar-refractivity contribution >= 4 is 52.2 Å². The van der Waals surface area contributed by atoms with Crippen LogP contribution in [0.1, 0.15) is 44.3 Å². The van der Waals surface area contributed by atoms with Crippen LogP contribution in [0.4, 0.5) is 5.69 Å². The first-order chi connectivity index (χ1) is 18.5. The fraction of sp³-hybridized carbons (Fsp3) is 0.222. The maximum atomic E-state index is 12.9. The molecule has 2 aromatic heterocycles. The van der Waals surface area contributed by atoms with Gasteiger partial charge in [-0.2, -0.15) is 5.26 Å². The first-order valence-corrected chi connectivity index (χ1v) is 14.2. The third-order valence-corrected chi connectivity index (χ3v) is 8.48. The largest absolute Gasteiger partial charge is 0.345 e. The molecule has 2 amide bonds. The second-order valence-electron chi connectivity index (χ2n) is 8.62. The molecule has 0 fully saturated rings. The van der Waals surface area contributed by atoms with E-state index in [-0.39, 0.29) is 24.1 Å². The van der Waals surface area contributed by atoms with Crippen LogP contribution in [0.25, 0.3) is 5.69 Å². The van der Waals surface area contributed by atoms with Gasteiger partial charge in [0.25, 0.3) is 5.91 Å². The molecule has 0 aliphatic heterocycles. The summed E-state index contributed by atoms with van der Waals surface area (Å²) in [4.78, 5) is 27.3. The average Bonchev–Trinajstić information content (AvgIpc) is 3.52. The van der Waals surface area contributed by atoms with Crippen LogP contribution in [-0.4, -0.2) is 32.3 Å². The van der Waals surface area contributed by atoms with E-state index in [0.717, 1.165) is 36.9 Å². The average molecular weight is 563 g/mol. The minimum absolute atomic E-state index is 0.0948. The fourth-order valence-corrected chi connectivity index (χ4v) is 6.33. The molecule has 11 heteroatoms. The van der Waals surface area contributed by atoms with Crippen molar-refractivity contribution < 1.29 is 9.59 Å². The highest BCUT2D eigenvalue weighted by molar-refractivity contribution is 7.99. The summed E-state index contributed by atoms with van der Waals surface area (Å²) in [6, 6.07) is 18.4. The number of fused-ring (bicyclic) bond motifs is 1. The van der Waals surface area contributed by atoms with E-state index in [2.05, 4.69) is 26.9 Å². The third kappa shape index (κ3) is 5.75. The number of carbonyl (C=O) groups excluding carboxylic acids is 2. The number of aromatic nitrogens is 3. The topological polar surface area (TPSA) is 113 Å². The van der Waals surface area contributed by atoms with Gasteiger partial charge in [0.2, 0.25) is 5.91 Å². The van der Waals surface area contributed by atoms with E-state index in [1.807, 2.05) is 34.9 Å². The lowest BCUT2D eigenvalue weighted by Gasteiger charge is -2.13. The molecule has 0 unspecified atom stereocenters. The molecule has 1 aliphatic rings. The van der Waals surface area contributed by atoms with Crippen LogP contribution in [0.3, 0.4) is 0 Å². The molecule has 0 radical (unpaired) electrons. The summed E-state index contributed by atoms with van der Waals surface area (Å²) in [5, 5.41) is 25.1. The third-order valence-electron chi connectivity index (χ3n) is 6.10. The van der Waals surface area contributed by atoms with E-state index in [0.29, 0.717) is 32.1 Å². The van der Waals surface area contributed by atoms with E-state index in [1.165, 1.54) is 28.0 Å². The lowest BCUT2D eigenvalue weighted by Crippen LogP contribution is -2.24. The number of benzene rings is 2. The van der Waals surface area contributed by atoms with Crippen LogP contribution in [0.15, 0.2) is 59.8 Å². The molecule has 8 nitrogen and oxygen atoms in total. The van der Waals surface area contributed by atoms with Gasteiger partial charge in [-0.05, 0) is 67.6 Å². The maximum Gasteiger partial charge on any atom is 0.251 e. The van der Waals surface area contributed by atoms with Crippen molar-refractivity contribution in [1.29, 1.82) is 5.26 Å². The second kappa shape index (κ2) is 11.8. The molecule has 2 N–H and O–H groups in total. The van der Waals surface area contributed by atoms with Crippen molar-refractivity contribution in [3.05, 3.63) is 86.3 Å². The van der Waals surface area contributed by atoms with Crippen molar-refractivity contribution in [2.45, 2.75) is 37.4 Å². The van der Waals surface area contributed by atoms with E-state index >= 15 is 0 Å². The molecule has 0 atom stereocenters. The molecular weight excluding hydrogens is 540 g/mol. The summed E-state index contributed by atoms with van der Waals surface area (Å²) >= 11 is 8.64. The molecule has 0 saturated heterocycles. The van der Waals surface area contributed by atoms with Gasteiger partial charge in [-0.15, -0.1) is 21.5 Å². The molecule has 4 aromatic rings. The number of nitriles is 1. The van der Waals surface area contributed by atoms with Crippen molar-refractivity contribution in [1.82, 2.24) is 20.1 Å². The van der Waals surface area contributed by atoms with Gasteiger partial charge in [-0.3, -0.25) is 14.2 Å². The van der Waals surface area contributed by atoms with E-state index < -0.39 is 0 Å². The van der Waals surface area contributed by atoms with Gasteiger partial charge in [0.1, 0.15) is 10.9 Å². The number of amides is 2. The SMILES string of the molecule is N#Cc1sc2c(c1NC(=O)CSc1nnc(CNC(=O)c3ccc(Cl)cc3)n1-c1ccccc1)CCCC2. The predicted octanol–water partition coefficient (Wildman–Crippen LogP) is 5.39. The minimum atomic E-state index is -0.259. The Kier molecular flexibility index (Phi) is 8.08. The lowest BCUT2D eigenvalue weighted by molar-refractivity contribution is -0.113. The van der Waals surface area contributed by atoms with Crippen LogP contribution in [0.5, 0.6) is 0 Å². The smallest absolute Gasteiger partial charge is 0.251 e. The Hall–Kier alpha value is -3.65. The molecule has 5 rings (SSSR count). The van der Waals surface area contributed by atoms with Crippen molar-refractivity contribution in [3.63, 3.8) is 0 Å². The highest BCUT2D eigenvalue weighted by atomic mass is 35.5. The van der Waals surface area contributed by atoms with Gasteiger partial charge in [0.05, 0.1) is 18.0 Å². The lowest BCUT2D eigenvalue weighted by atomic mass is 9.97. The number of thioether (sulfide) groups is 1. The molecular formula is C27H23ClN6O2S2. The highest BCUT2D eigenvalue weighted by Gasteiger charge is 2.23. The number of nitrogens with zero attached hydrogens (tertiary/aromatic N) is 4. The summed E-state index contributed by atoms with van der Waals surface area (Å²) in [7, 11) is 0. The summed E-state index contributed by atoms with van der Waals surface area (Å²) in [6.07, 6.45) is 4.00. The fourth-order valence-electron chi connectivity index (χ4n) is 4.29. The van der Waals surface area contributed by atoms with Crippen LogP contribution in [0, 0.1) is 11.3 Å². The number of aryl methyl sites for hydroxylation is 1. The van der Waals surface area contributed by atoms with Crippen molar-refractivity contribution in [2.75, 3.05) is 11.1 Å². The molecule has 1 aliphatic carbocycles. The maximum absolute atomic E-state index is 12.9. The zero-order valence-corrected chi connectivity index (χ0v) is 22.6. The summed E-state index contributed by atoms with van der Waals surface area (Å²) in [5.74, 6) is 0.153. The van der Waals surface area contributed by atoms with Gasteiger partial charge < -0.3 is 10.6 Å². The second-order valence-corrected chi connectivity index (χ2v) is 11.1. The standard InChI is InChI=1S/C27H23ClN6O2S2/c28-18-12-10-17(11-13-18)26(36)30-15-23-32-33-27(34(23)19-6-2-1-3-7-19)37-16-24(35)31-25-20-8-4-5-9-21(20)38-22(25)14-29/h1-3,6-7,10-13H,4-5,8-9,15-16H2,(H,30,36)(H,31,35). The predicted molar refractivity (Wildman–Crippen MR) is 149 cm³/mol. The molecule has 38 heavy (non-hydrogen) atoms. The number of halogens is 1. The summed E-state index contributed by atoms with van der Waals surface area (Å²) < 4.78 is 1.83. The first kappa shape index (κ1) is 26.0. The molecule has 192 valence electrons. The number of hydrogen-bond donors (Lipinski definition) is 2. The highest BCUT2D eigenvalue weighted by Crippen LogP contribution is 2.38. The molecule has 2 heterocycles. The number of hydrogen-bond acceptors (Lipinski definition) is 7. The Labute approximate surface area is 233 Å². The first-order valence-electron chi connectivity index (χ1n) is 12.0. The van der Waals surface area contributed by atoms with Gasteiger partial charge in [0, 0.05) is 21.2 Å². The summed E-state index contributed by atoms with van der Waals surface area (Å²) in [5.41, 5.74) is 3.06. The Morgan fingerprint density at radius 2 is 1.84 bits per heavy atom. The number of thiophene rings is 1. The van der Waals surface area contributed by atoms with Crippen LogP contribution < -0.4 is 10.6 Å². The summed E-state index contributed by atoms with van der Waals surface area (Å²) in [6.45, 7) is 0.142. The number of rotatable bonds is 8. The normalized spacial score (nSPS) is 12.4. The quantitative estimate of drug-likeness (QED) is 0.278. The molecule has 0 spiro atoms. The number of nitrogens with one attached hydrogen (secondary N) is 2. The zero-order chi connectivity index (χ0) is 26.5. The van der Waals surface area contributed by atoms with Crippen LogP contribution >= 0.6 is 34.7 Å². The minimum Gasteiger partial charge on any atom is -0.345 e. The van der Waals surface area contributed by atoms with Crippen LogP contribution in [-0.2, 0) is 24.2 Å². The van der Waals surface area contributed by atoms with E-state index in [1.54, 1.807) is 24.3 Å². The van der Waals surface area contributed by atoms with E-state index in [4.69, 9.17) is 11.6 Å². The number of carbonyl (C=O) groups is 2. The Bertz CT molecular complexity index is 1510. The molecule has 0 bridgehead atoms.